The van der Waals surface area contributed by atoms with Gasteiger partial charge in [0.25, 0.3) is 5.69 Å². The Kier molecular flexibility index (Phi) is 7.00. The number of rotatable bonds is 9. The molecular weight excluding hydrogens is 388 g/mol. The molecule has 8 nitrogen and oxygen atoms in total. The van der Waals surface area contributed by atoms with E-state index in [-0.39, 0.29) is 30.5 Å². The van der Waals surface area contributed by atoms with E-state index >= 15 is 0 Å². The maximum atomic E-state index is 12.4. The first-order chi connectivity index (χ1) is 14.4. The van der Waals surface area contributed by atoms with Gasteiger partial charge in [0.1, 0.15) is 5.75 Å². The molecule has 3 rings (SSSR count). The number of carbonyl (C=O) groups is 2. The molecule has 2 aromatic rings. The molecule has 1 N–H and O–H groups in total. The largest absolute Gasteiger partial charge is 0.550 e. The van der Waals surface area contributed by atoms with Gasteiger partial charge in [0.2, 0.25) is 5.91 Å². The molecule has 2 aromatic carbocycles. The van der Waals surface area contributed by atoms with E-state index in [2.05, 4.69) is 5.32 Å². The van der Waals surface area contributed by atoms with E-state index in [4.69, 9.17) is 4.74 Å². The number of nitrogens with one attached hydrogen (secondary N) is 1. The van der Waals surface area contributed by atoms with Gasteiger partial charge in [-0.2, -0.15) is 0 Å². The first-order valence-corrected chi connectivity index (χ1v) is 9.90. The summed E-state index contributed by atoms with van der Waals surface area (Å²) in [7, 11) is 0. The van der Waals surface area contributed by atoms with Crippen molar-refractivity contribution in [1.29, 1.82) is 0 Å². The van der Waals surface area contributed by atoms with Crippen molar-refractivity contribution in [2.75, 3.05) is 0 Å². The van der Waals surface area contributed by atoms with Crippen LogP contribution in [-0.2, 0) is 16.0 Å². The second-order valence-corrected chi connectivity index (χ2v) is 7.39. The van der Waals surface area contributed by atoms with Crippen molar-refractivity contribution in [1.82, 2.24) is 5.32 Å². The van der Waals surface area contributed by atoms with Crippen molar-refractivity contribution >= 4 is 17.6 Å². The summed E-state index contributed by atoms with van der Waals surface area (Å²) in [4.78, 5) is 33.8. The smallest absolute Gasteiger partial charge is 0.269 e. The van der Waals surface area contributed by atoms with Gasteiger partial charge in [0.15, 0.2) is 0 Å². The highest BCUT2D eigenvalue weighted by molar-refractivity contribution is 5.80. The Labute approximate surface area is 174 Å². The van der Waals surface area contributed by atoms with Crippen LogP contribution in [0.25, 0.3) is 0 Å². The number of nitro benzene ring substituents is 1. The summed E-state index contributed by atoms with van der Waals surface area (Å²) in [6, 6.07) is 11.9. The maximum Gasteiger partial charge on any atom is 0.269 e. The van der Waals surface area contributed by atoms with Crippen LogP contribution >= 0.6 is 0 Å². The number of non-ortho nitro benzene ring substituents is 1. The number of hydrogen-bond donors (Lipinski definition) is 1. The number of nitro groups is 1. The number of carbonyl (C=O) groups excluding carboxylic acids is 2. The lowest BCUT2D eigenvalue weighted by Crippen LogP contribution is -2.35. The van der Waals surface area contributed by atoms with Crippen LogP contribution in [0, 0.1) is 10.1 Å². The lowest BCUT2D eigenvalue weighted by Gasteiger charge is -2.21. The Hall–Kier alpha value is -3.42. The molecule has 0 unspecified atom stereocenters. The van der Waals surface area contributed by atoms with E-state index < -0.39 is 16.9 Å². The number of carboxylic acids is 1. The average molecular weight is 411 g/mol. The molecule has 1 aliphatic rings. The Bertz CT molecular complexity index is 889. The minimum atomic E-state index is -1.28. The summed E-state index contributed by atoms with van der Waals surface area (Å²) in [6.07, 6.45) is 4.23. The third kappa shape index (κ3) is 6.04. The third-order valence-electron chi connectivity index (χ3n) is 5.11. The van der Waals surface area contributed by atoms with E-state index in [1.165, 1.54) is 24.3 Å². The lowest BCUT2D eigenvalue weighted by molar-refractivity contribution is -0.384. The molecule has 0 aromatic heterocycles. The van der Waals surface area contributed by atoms with Gasteiger partial charge in [0.05, 0.1) is 23.5 Å². The molecule has 8 heteroatoms. The molecule has 0 bridgehead atoms. The highest BCUT2D eigenvalue weighted by Crippen LogP contribution is 2.26. The lowest BCUT2D eigenvalue weighted by atomic mass is 10.0. The van der Waals surface area contributed by atoms with Gasteiger partial charge >= 0.3 is 0 Å². The molecular formula is C22H23N2O6-. The summed E-state index contributed by atoms with van der Waals surface area (Å²) in [6.45, 7) is 0. The summed E-state index contributed by atoms with van der Waals surface area (Å²) < 4.78 is 5.91. The fraction of sp³-hybridized carbons (Fsp3) is 0.364. The van der Waals surface area contributed by atoms with E-state index in [0.717, 1.165) is 31.4 Å². The van der Waals surface area contributed by atoms with Crippen LogP contribution in [0.15, 0.2) is 48.5 Å². The SMILES string of the molecule is O=C([O-])C[C@@H](NC(=O)Cc1ccc([N+](=O)[O-])cc1)c1ccc(OC2CCCC2)cc1. The monoisotopic (exact) mass is 411 g/mol. The molecule has 1 amide bonds. The zero-order chi connectivity index (χ0) is 21.5. The first-order valence-electron chi connectivity index (χ1n) is 9.90. The number of aliphatic carboxylic acids is 1. The second kappa shape index (κ2) is 9.87. The fourth-order valence-electron chi connectivity index (χ4n) is 3.56. The van der Waals surface area contributed by atoms with E-state index in [9.17, 15) is 24.8 Å². The van der Waals surface area contributed by atoms with Crippen LogP contribution in [0.3, 0.4) is 0 Å². The number of ether oxygens (including phenoxy) is 1. The highest BCUT2D eigenvalue weighted by atomic mass is 16.6. The quantitative estimate of drug-likeness (QED) is 0.500. The number of carboxylic acid groups (broad SMARTS) is 1. The van der Waals surface area contributed by atoms with Gasteiger partial charge in [-0.1, -0.05) is 24.3 Å². The van der Waals surface area contributed by atoms with Crippen LogP contribution in [0.5, 0.6) is 5.75 Å². The Balaban J connectivity index is 1.63. The third-order valence-corrected chi connectivity index (χ3v) is 5.11. The minimum Gasteiger partial charge on any atom is -0.550 e. The van der Waals surface area contributed by atoms with Crippen molar-refractivity contribution in [2.45, 2.75) is 50.7 Å². The molecule has 0 saturated heterocycles. The zero-order valence-corrected chi connectivity index (χ0v) is 16.4. The molecule has 0 spiro atoms. The van der Waals surface area contributed by atoms with E-state index in [1.54, 1.807) is 24.3 Å². The average Bonchev–Trinajstić information content (AvgIpc) is 3.21. The van der Waals surface area contributed by atoms with Crippen LogP contribution in [0.1, 0.15) is 49.3 Å². The predicted molar refractivity (Wildman–Crippen MR) is 107 cm³/mol. The molecule has 1 saturated carbocycles. The van der Waals surface area contributed by atoms with Gasteiger partial charge < -0.3 is 20.0 Å². The zero-order valence-electron chi connectivity index (χ0n) is 16.4. The van der Waals surface area contributed by atoms with Crippen molar-refractivity contribution in [3.05, 3.63) is 69.8 Å². The van der Waals surface area contributed by atoms with Crippen LogP contribution < -0.4 is 15.2 Å². The van der Waals surface area contributed by atoms with Crippen molar-refractivity contribution in [3.8, 4) is 5.75 Å². The van der Waals surface area contributed by atoms with Gasteiger partial charge in [-0.15, -0.1) is 0 Å². The normalized spacial score (nSPS) is 14.8. The van der Waals surface area contributed by atoms with Crippen molar-refractivity contribution in [3.63, 3.8) is 0 Å². The molecule has 30 heavy (non-hydrogen) atoms. The highest BCUT2D eigenvalue weighted by Gasteiger charge is 2.18. The summed E-state index contributed by atoms with van der Waals surface area (Å²) in [5, 5.41) is 24.6. The Morgan fingerprint density at radius 3 is 2.27 bits per heavy atom. The fourth-order valence-corrected chi connectivity index (χ4v) is 3.56. The number of hydrogen-bond acceptors (Lipinski definition) is 6. The van der Waals surface area contributed by atoms with Crippen LogP contribution in [0.4, 0.5) is 5.69 Å². The van der Waals surface area contributed by atoms with Gasteiger partial charge in [-0.25, -0.2) is 0 Å². The Morgan fingerprint density at radius 2 is 1.70 bits per heavy atom. The maximum absolute atomic E-state index is 12.4. The predicted octanol–water partition coefficient (Wildman–Crippen LogP) is 2.46. The van der Waals surface area contributed by atoms with E-state index in [0.29, 0.717) is 11.1 Å². The first kappa shape index (κ1) is 21.3. The molecule has 0 aliphatic heterocycles. The van der Waals surface area contributed by atoms with Gasteiger partial charge in [0, 0.05) is 24.5 Å². The Morgan fingerprint density at radius 1 is 1.07 bits per heavy atom. The number of benzene rings is 2. The number of amides is 1. The molecule has 158 valence electrons. The second-order valence-electron chi connectivity index (χ2n) is 7.39. The topological polar surface area (TPSA) is 122 Å². The van der Waals surface area contributed by atoms with Crippen LogP contribution in [0.2, 0.25) is 0 Å². The molecule has 0 heterocycles. The standard InChI is InChI=1S/C22H24N2O6/c25-21(13-15-5-9-17(10-6-15)24(28)29)23-20(14-22(26)27)16-7-11-19(12-8-16)30-18-3-1-2-4-18/h5-12,18,20H,1-4,13-14H2,(H,23,25)(H,26,27)/p-1/t20-/m1/s1. The summed E-state index contributed by atoms with van der Waals surface area (Å²) >= 11 is 0. The van der Waals surface area contributed by atoms with Crippen LogP contribution in [-0.4, -0.2) is 22.9 Å². The molecule has 1 atom stereocenters. The summed E-state index contributed by atoms with van der Waals surface area (Å²) in [5.41, 5.74) is 1.16. The molecule has 1 aliphatic carbocycles. The van der Waals surface area contributed by atoms with Crippen molar-refractivity contribution in [2.24, 2.45) is 0 Å². The molecule has 1 fully saturated rings. The minimum absolute atomic E-state index is 0.0234. The van der Waals surface area contributed by atoms with Gasteiger partial charge in [-0.05, 0) is 48.9 Å². The summed E-state index contributed by atoms with van der Waals surface area (Å²) in [5.74, 6) is -0.946. The van der Waals surface area contributed by atoms with E-state index in [1.807, 2.05) is 0 Å². The number of nitrogens with zero attached hydrogens (tertiary/aromatic N) is 1. The van der Waals surface area contributed by atoms with Crippen molar-refractivity contribution < 1.29 is 24.4 Å². The molecule has 0 radical (unpaired) electrons. The van der Waals surface area contributed by atoms with Gasteiger partial charge in [-0.3, -0.25) is 14.9 Å².